The van der Waals surface area contributed by atoms with Gasteiger partial charge in [-0.15, -0.1) is 12.4 Å². The molecule has 1 saturated heterocycles. The molecule has 7 heteroatoms. The summed E-state index contributed by atoms with van der Waals surface area (Å²) < 4.78 is 24.7. The number of hydrogen-bond donors (Lipinski definition) is 1. The summed E-state index contributed by atoms with van der Waals surface area (Å²) in [5, 5.41) is 11.5. The van der Waals surface area contributed by atoms with E-state index in [0.29, 0.717) is 25.9 Å². The molecule has 0 spiro atoms. The third-order valence-corrected chi connectivity index (χ3v) is 5.10. The molecule has 1 N–H and O–H groups in total. The van der Waals surface area contributed by atoms with Gasteiger partial charge < -0.3 is 5.32 Å². The fraction of sp³-hybridized carbons (Fsp3) is 0.455. The van der Waals surface area contributed by atoms with Crippen molar-refractivity contribution in [2.45, 2.75) is 23.1 Å². The molecule has 98 valence electrons. The topological polar surface area (TPSA) is 82.8 Å². The first-order chi connectivity index (χ1) is 8.16. The molecule has 0 aromatic carbocycles. The van der Waals surface area contributed by atoms with Gasteiger partial charge in [0.25, 0.3) is 0 Å². The van der Waals surface area contributed by atoms with Crippen LogP contribution >= 0.6 is 12.4 Å². The zero-order valence-corrected chi connectivity index (χ0v) is 11.3. The Balaban J connectivity index is 0.00000162. The van der Waals surface area contributed by atoms with Crippen molar-refractivity contribution in [3.05, 3.63) is 23.9 Å². The minimum Gasteiger partial charge on any atom is -0.317 e. The van der Waals surface area contributed by atoms with Crippen LogP contribution in [-0.2, 0) is 9.84 Å². The summed E-state index contributed by atoms with van der Waals surface area (Å²) in [5.41, 5.74) is 0.131. The van der Waals surface area contributed by atoms with Crippen LogP contribution < -0.4 is 5.32 Å². The number of sulfone groups is 1. The molecule has 1 fully saturated rings. The fourth-order valence-electron chi connectivity index (χ4n) is 1.97. The molecule has 18 heavy (non-hydrogen) atoms. The predicted molar refractivity (Wildman–Crippen MR) is 69.3 cm³/mol. The number of piperidine rings is 1. The minimum absolute atomic E-state index is 0. The normalized spacial score (nSPS) is 16.6. The van der Waals surface area contributed by atoms with Gasteiger partial charge in [-0.1, -0.05) is 0 Å². The summed E-state index contributed by atoms with van der Waals surface area (Å²) in [7, 11) is -3.48. The van der Waals surface area contributed by atoms with Crippen molar-refractivity contribution in [2.75, 3.05) is 13.1 Å². The van der Waals surface area contributed by atoms with Gasteiger partial charge in [0.05, 0.1) is 10.8 Å². The quantitative estimate of drug-likeness (QED) is 0.874. The number of nitrogens with one attached hydrogen (secondary N) is 1. The third-order valence-electron chi connectivity index (χ3n) is 2.89. The highest BCUT2D eigenvalue weighted by Gasteiger charge is 2.31. The van der Waals surface area contributed by atoms with Crippen LogP contribution in [0.4, 0.5) is 0 Å². The predicted octanol–water partition coefficient (Wildman–Crippen LogP) is 0.901. The summed E-state index contributed by atoms with van der Waals surface area (Å²) in [6.07, 6.45) is 2.56. The van der Waals surface area contributed by atoms with Gasteiger partial charge in [0.15, 0.2) is 14.9 Å². The van der Waals surface area contributed by atoms with Crippen LogP contribution in [0.2, 0.25) is 0 Å². The third kappa shape index (κ3) is 2.80. The van der Waals surface area contributed by atoms with Gasteiger partial charge in [0, 0.05) is 6.20 Å². The molecule has 0 aliphatic carbocycles. The Labute approximate surface area is 113 Å². The van der Waals surface area contributed by atoms with Crippen LogP contribution in [0, 0.1) is 11.3 Å². The van der Waals surface area contributed by atoms with Gasteiger partial charge in [-0.25, -0.2) is 13.4 Å². The molecule has 0 amide bonds. The highest BCUT2D eigenvalue weighted by Crippen LogP contribution is 2.22. The first-order valence-electron chi connectivity index (χ1n) is 5.46. The molecule has 2 heterocycles. The number of rotatable bonds is 2. The van der Waals surface area contributed by atoms with E-state index in [1.807, 2.05) is 6.07 Å². The largest absolute Gasteiger partial charge is 0.317 e. The van der Waals surface area contributed by atoms with Gasteiger partial charge in [0.2, 0.25) is 0 Å². The standard InChI is InChI=1S/C11H13N3O2S.ClH/c12-8-9-2-1-5-14-11(9)17(15,16)10-3-6-13-7-4-10;/h1-2,5,10,13H,3-4,6-7H2;1H. The van der Waals surface area contributed by atoms with Crippen molar-refractivity contribution in [3.63, 3.8) is 0 Å². The number of nitrogens with zero attached hydrogens (tertiary/aromatic N) is 2. The molecule has 0 saturated carbocycles. The highest BCUT2D eigenvalue weighted by atomic mass is 35.5. The summed E-state index contributed by atoms with van der Waals surface area (Å²) in [4.78, 5) is 3.87. The van der Waals surface area contributed by atoms with E-state index in [1.54, 1.807) is 6.07 Å². The van der Waals surface area contributed by atoms with E-state index in [2.05, 4.69) is 10.3 Å². The highest BCUT2D eigenvalue weighted by molar-refractivity contribution is 7.92. The first kappa shape index (κ1) is 14.9. The zero-order chi connectivity index (χ0) is 12.3. The first-order valence-corrected chi connectivity index (χ1v) is 7.00. The van der Waals surface area contributed by atoms with Gasteiger partial charge >= 0.3 is 0 Å². The van der Waals surface area contributed by atoms with Gasteiger partial charge in [0.1, 0.15) is 6.07 Å². The van der Waals surface area contributed by atoms with Crippen LogP contribution in [0.25, 0.3) is 0 Å². The minimum atomic E-state index is -3.48. The molecule has 1 aromatic heterocycles. The zero-order valence-electron chi connectivity index (χ0n) is 9.67. The lowest BCUT2D eigenvalue weighted by Crippen LogP contribution is -2.36. The Morgan fingerprint density at radius 2 is 2.06 bits per heavy atom. The Hall–Kier alpha value is -1.16. The smallest absolute Gasteiger partial charge is 0.199 e. The maximum Gasteiger partial charge on any atom is 0.199 e. The van der Waals surface area contributed by atoms with Crippen molar-refractivity contribution >= 4 is 22.2 Å². The van der Waals surface area contributed by atoms with Crippen molar-refractivity contribution < 1.29 is 8.42 Å². The number of hydrogen-bond acceptors (Lipinski definition) is 5. The average Bonchev–Trinajstić information content (AvgIpc) is 2.39. The lowest BCUT2D eigenvalue weighted by atomic mass is 10.2. The molecule has 1 aromatic rings. The Morgan fingerprint density at radius 1 is 1.39 bits per heavy atom. The second-order valence-corrected chi connectivity index (χ2v) is 6.11. The molecule has 5 nitrogen and oxygen atoms in total. The molecule has 2 rings (SSSR count). The van der Waals surface area contributed by atoms with E-state index in [9.17, 15) is 8.42 Å². The van der Waals surface area contributed by atoms with E-state index in [1.165, 1.54) is 12.3 Å². The van der Waals surface area contributed by atoms with E-state index < -0.39 is 15.1 Å². The van der Waals surface area contributed by atoms with Crippen molar-refractivity contribution in [3.8, 4) is 6.07 Å². The second-order valence-electron chi connectivity index (χ2n) is 3.96. The lowest BCUT2D eigenvalue weighted by molar-refractivity contribution is 0.494. The molecule has 0 radical (unpaired) electrons. The Bertz CT molecular complexity index is 548. The van der Waals surface area contributed by atoms with Gasteiger partial charge in [-0.3, -0.25) is 0 Å². The van der Waals surface area contributed by atoms with Crippen molar-refractivity contribution in [1.29, 1.82) is 5.26 Å². The van der Waals surface area contributed by atoms with E-state index in [-0.39, 0.29) is 23.0 Å². The molecule has 0 unspecified atom stereocenters. The molecule has 0 bridgehead atoms. The monoisotopic (exact) mass is 287 g/mol. The maximum absolute atomic E-state index is 12.3. The number of aromatic nitrogens is 1. The summed E-state index contributed by atoms with van der Waals surface area (Å²) in [6, 6.07) is 4.94. The Morgan fingerprint density at radius 3 is 2.67 bits per heavy atom. The summed E-state index contributed by atoms with van der Waals surface area (Å²) >= 11 is 0. The molecule has 1 aliphatic heterocycles. The SMILES string of the molecule is Cl.N#Cc1cccnc1S(=O)(=O)C1CCNCC1. The molecular weight excluding hydrogens is 274 g/mol. The van der Waals surface area contributed by atoms with E-state index in [4.69, 9.17) is 5.26 Å². The molecular formula is C11H14ClN3O2S. The lowest BCUT2D eigenvalue weighted by Gasteiger charge is -2.22. The number of nitriles is 1. The van der Waals surface area contributed by atoms with Crippen LogP contribution in [0.1, 0.15) is 18.4 Å². The van der Waals surface area contributed by atoms with E-state index >= 15 is 0 Å². The number of halogens is 1. The summed E-state index contributed by atoms with van der Waals surface area (Å²) in [5.74, 6) is 0. The van der Waals surface area contributed by atoms with Gasteiger partial charge in [-0.2, -0.15) is 5.26 Å². The van der Waals surface area contributed by atoms with Crippen LogP contribution in [-0.4, -0.2) is 31.7 Å². The van der Waals surface area contributed by atoms with Crippen molar-refractivity contribution in [2.24, 2.45) is 0 Å². The Kier molecular flexibility index (Phi) is 5.08. The van der Waals surface area contributed by atoms with Crippen LogP contribution in [0.15, 0.2) is 23.4 Å². The van der Waals surface area contributed by atoms with Crippen LogP contribution in [0.3, 0.4) is 0 Å². The summed E-state index contributed by atoms with van der Waals surface area (Å²) in [6.45, 7) is 1.39. The second kappa shape index (κ2) is 6.14. The molecule has 0 atom stereocenters. The maximum atomic E-state index is 12.3. The molecule has 1 aliphatic rings. The van der Waals surface area contributed by atoms with Gasteiger partial charge in [-0.05, 0) is 38.1 Å². The van der Waals surface area contributed by atoms with Crippen LogP contribution in [0.5, 0.6) is 0 Å². The van der Waals surface area contributed by atoms with Crippen molar-refractivity contribution in [1.82, 2.24) is 10.3 Å². The number of pyridine rings is 1. The van der Waals surface area contributed by atoms with E-state index in [0.717, 1.165) is 0 Å². The fourth-order valence-corrected chi connectivity index (χ4v) is 3.77. The average molecular weight is 288 g/mol.